The Morgan fingerprint density at radius 3 is 2.04 bits per heavy atom. The van der Waals surface area contributed by atoms with Crippen molar-refractivity contribution in [3.63, 3.8) is 0 Å². The van der Waals surface area contributed by atoms with Crippen LogP contribution >= 0.6 is 0 Å². The van der Waals surface area contributed by atoms with Gasteiger partial charge in [0.15, 0.2) is 0 Å². The smallest absolute Gasteiger partial charge is 0.295 e. The van der Waals surface area contributed by atoms with Crippen molar-refractivity contribution in [3.05, 3.63) is 71.5 Å². The second kappa shape index (κ2) is 7.88. The van der Waals surface area contributed by atoms with E-state index in [1.807, 2.05) is 0 Å². The monoisotopic (exact) mass is 355 g/mol. The molecule has 1 saturated heterocycles. The summed E-state index contributed by atoms with van der Waals surface area (Å²) in [5.41, 5.74) is 3.44. The molecule has 0 bridgehead atoms. The summed E-state index contributed by atoms with van der Waals surface area (Å²) in [6, 6.07) is 13.7. The Hall–Kier alpha value is -3.06. The van der Waals surface area contributed by atoms with Crippen LogP contribution < -0.4 is 5.43 Å². The number of hydrogen-bond acceptors (Lipinski definition) is 4. The molecule has 7 heteroatoms. The van der Waals surface area contributed by atoms with E-state index in [0.29, 0.717) is 37.3 Å². The molecule has 6 nitrogen and oxygen atoms in total. The van der Waals surface area contributed by atoms with Gasteiger partial charge >= 0.3 is 0 Å². The number of nitrogens with zero attached hydrogens (tertiary/aromatic N) is 2. The molecule has 134 valence electrons. The summed E-state index contributed by atoms with van der Waals surface area (Å²) >= 11 is 0. The average Bonchev–Trinajstić information content (AvgIpc) is 2.68. The highest BCUT2D eigenvalue weighted by Gasteiger charge is 2.27. The SMILES string of the molecule is O=C(NN1CCN(C(=O)C(=O)c2ccccc2)CC1)c1ccc(F)cc1. The fraction of sp³-hybridized carbons (Fsp3) is 0.211. The third kappa shape index (κ3) is 4.12. The highest BCUT2D eigenvalue weighted by Crippen LogP contribution is 2.08. The Balaban J connectivity index is 1.52. The van der Waals surface area contributed by atoms with Crippen molar-refractivity contribution in [1.82, 2.24) is 15.3 Å². The lowest BCUT2D eigenvalue weighted by atomic mass is 10.1. The molecule has 2 aromatic carbocycles. The van der Waals surface area contributed by atoms with Crippen LogP contribution in [0.1, 0.15) is 20.7 Å². The summed E-state index contributed by atoms with van der Waals surface area (Å²) in [5, 5.41) is 1.68. The van der Waals surface area contributed by atoms with E-state index in [9.17, 15) is 18.8 Å². The molecule has 1 aliphatic rings. The third-order valence-electron chi connectivity index (χ3n) is 4.16. The largest absolute Gasteiger partial charge is 0.333 e. The van der Waals surface area contributed by atoms with Gasteiger partial charge in [-0.15, -0.1) is 0 Å². The Morgan fingerprint density at radius 2 is 1.42 bits per heavy atom. The van der Waals surface area contributed by atoms with Crippen LogP contribution in [0, 0.1) is 5.82 Å². The first-order chi connectivity index (χ1) is 12.5. The van der Waals surface area contributed by atoms with Crippen molar-refractivity contribution in [3.8, 4) is 0 Å². The average molecular weight is 355 g/mol. The van der Waals surface area contributed by atoms with Crippen molar-refractivity contribution in [2.75, 3.05) is 26.2 Å². The maximum absolute atomic E-state index is 12.9. The van der Waals surface area contributed by atoms with Crippen LogP contribution in [-0.4, -0.2) is 53.7 Å². The lowest BCUT2D eigenvalue weighted by Crippen LogP contribution is -2.55. The number of nitrogens with one attached hydrogen (secondary N) is 1. The predicted molar refractivity (Wildman–Crippen MR) is 92.8 cm³/mol. The van der Waals surface area contributed by atoms with Crippen LogP contribution in [0.15, 0.2) is 54.6 Å². The van der Waals surface area contributed by atoms with E-state index >= 15 is 0 Å². The molecule has 2 aromatic rings. The summed E-state index contributed by atoms with van der Waals surface area (Å²) in [6.07, 6.45) is 0. The van der Waals surface area contributed by atoms with Gasteiger partial charge in [0.2, 0.25) is 5.78 Å². The van der Waals surface area contributed by atoms with Crippen LogP contribution in [0.2, 0.25) is 0 Å². The maximum atomic E-state index is 12.9. The van der Waals surface area contributed by atoms with Crippen LogP contribution in [-0.2, 0) is 4.79 Å². The molecule has 0 saturated carbocycles. The summed E-state index contributed by atoms with van der Waals surface area (Å²) in [5.74, 6) is -1.82. The molecular formula is C19H18FN3O3. The number of piperazine rings is 1. The molecule has 0 aliphatic carbocycles. The molecule has 0 unspecified atom stereocenters. The fourth-order valence-electron chi connectivity index (χ4n) is 2.69. The van der Waals surface area contributed by atoms with Crippen LogP contribution in [0.25, 0.3) is 0 Å². The quantitative estimate of drug-likeness (QED) is 0.667. The molecule has 1 N–H and O–H groups in total. The van der Waals surface area contributed by atoms with Crippen LogP contribution in [0.3, 0.4) is 0 Å². The first-order valence-corrected chi connectivity index (χ1v) is 8.25. The van der Waals surface area contributed by atoms with Crippen molar-refractivity contribution in [2.24, 2.45) is 0 Å². The molecule has 26 heavy (non-hydrogen) atoms. The van der Waals surface area contributed by atoms with Gasteiger partial charge in [-0.3, -0.25) is 19.8 Å². The van der Waals surface area contributed by atoms with Gasteiger partial charge in [0.05, 0.1) is 0 Å². The summed E-state index contributed by atoms with van der Waals surface area (Å²) in [4.78, 5) is 38.1. The molecule has 0 aromatic heterocycles. The minimum absolute atomic E-state index is 0.334. The molecule has 3 rings (SSSR count). The minimum Gasteiger partial charge on any atom is -0.333 e. The van der Waals surface area contributed by atoms with Gasteiger partial charge < -0.3 is 4.90 Å². The number of amides is 2. The number of rotatable bonds is 4. The number of carbonyl (C=O) groups is 3. The van der Waals surface area contributed by atoms with E-state index in [-0.39, 0.29) is 5.91 Å². The van der Waals surface area contributed by atoms with Gasteiger partial charge in [0.1, 0.15) is 5.82 Å². The molecule has 0 spiro atoms. The number of hydrogen-bond donors (Lipinski definition) is 1. The highest BCUT2D eigenvalue weighted by molar-refractivity contribution is 6.42. The third-order valence-corrected chi connectivity index (χ3v) is 4.16. The number of hydrazine groups is 1. The van der Waals surface area contributed by atoms with Crippen molar-refractivity contribution in [1.29, 1.82) is 0 Å². The van der Waals surface area contributed by atoms with E-state index in [1.165, 1.54) is 29.2 Å². The van der Waals surface area contributed by atoms with Crippen molar-refractivity contribution in [2.45, 2.75) is 0 Å². The number of Topliss-reactive ketones (excluding diaryl/α,β-unsaturated/α-hetero) is 1. The standard InChI is InChI=1S/C19H18FN3O3/c20-16-8-6-15(7-9-16)18(25)21-23-12-10-22(11-13-23)19(26)17(24)14-4-2-1-3-5-14/h1-9H,10-13H2,(H,21,25). The van der Waals surface area contributed by atoms with E-state index < -0.39 is 17.5 Å². The lowest BCUT2D eigenvalue weighted by molar-refractivity contribution is -0.128. The first kappa shape index (κ1) is 17.8. The molecular weight excluding hydrogens is 337 g/mol. The molecule has 1 aliphatic heterocycles. The second-order valence-electron chi connectivity index (χ2n) is 5.92. The Kier molecular flexibility index (Phi) is 5.38. The zero-order chi connectivity index (χ0) is 18.5. The number of halogens is 1. The maximum Gasteiger partial charge on any atom is 0.295 e. The lowest BCUT2D eigenvalue weighted by Gasteiger charge is -2.34. The first-order valence-electron chi connectivity index (χ1n) is 8.25. The van der Waals surface area contributed by atoms with E-state index in [1.54, 1.807) is 35.3 Å². The number of ketones is 1. The molecule has 2 amide bonds. The van der Waals surface area contributed by atoms with Gasteiger partial charge in [-0.2, -0.15) is 0 Å². The fourth-order valence-corrected chi connectivity index (χ4v) is 2.69. The van der Waals surface area contributed by atoms with E-state index in [2.05, 4.69) is 5.43 Å². The van der Waals surface area contributed by atoms with Gasteiger partial charge in [0, 0.05) is 37.3 Å². The Bertz CT molecular complexity index is 801. The van der Waals surface area contributed by atoms with Gasteiger partial charge in [-0.1, -0.05) is 30.3 Å². The molecule has 0 radical (unpaired) electrons. The summed E-state index contributed by atoms with van der Waals surface area (Å²) < 4.78 is 12.9. The zero-order valence-corrected chi connectivity index (χ0v) is 14.0. The summed E-state index contributed by atoms with van der Waals surface area (Å²) in [7, 11) is 0. The van der Waals surface area contributed by atoms with Crippen molar-refractivity contribution < 1.29 is 18.8 Å². The van der Waals surface area contributed by atoms with E-state index in [0.717, 1.165) is 0 Å². The normalized spacial score (nSPS) is 14.7. The van der Waals surface area contributed by atoms with Crippen molar-refractivity contribution >= 4 is 17.6 Å². The highest BCUT2D eigenvalue weighted by atomic mass is 19.1. The number of benzene rings is 2. The topological polar surface area (TPSA) is 69.7 Å². The Labute approximate surface area is 150 Å². The number of carbonyl (C=O) groups excluding carboxylic acids is 3. The second-order valence-corrected chi connectivity index (χ2v) is 5.92. The van der Waals surface area contributed by atoms with Gasteiger partial charge in [-0.25, -0.2) is 9.40 Å². The van der Waals surface area contributed by atoms with Gasteiger partial charge in [-0.05, 0) is 24.3 Å². The minimum atomic E-state index is -0.541. The van der Waals surface area contributed by atoms with Crippen LogP contribution in [0.5, 0.6) is 0 Å². The molecule has 1 fully saturated rings. The Morgan fingerprint density at radius 1 is 0.808 bits per heavy atom. The molecule has 0 atom stereocenters. The zero-order valence-electron chi connectivity index (χ0n) is 14.0. The van der Waals surface area contributed by atoms with E-state index in [4.69, 9.17) is 0 Å². The van der Waals surface area contributed by atoms with Crippen LogP contribution in [0.4, 0.5) is 4.39 Å². The summed E-state index contributed by atoms with van der Waals surface area (Å²) in [6.45, 7) is 1.48. The molecule has 1 heterocycles. The predicted octanol–water partition coefficient (Wildman–Crippen LogP) is 1.50. The van der Waals surface area contributed by atoms with Gasteiger partial charge in [0.25, 0.3) is 11.8 Å².